The van der Waals surface area contributed by atoms with E-state index in [9.17, 15) is 9.18 Å². The Balaban J connectivity index is 1.34. The summed E-state index contributed by atoms with van der Waals surface area (Å²) in [6.07, 6.45) is 3.39. The van der Waals surface area contributed by atoms with Gasteiger partial charge in [0.05, 0.1) is 0 Å². The number of nitrogens with one attached hydrogen (secondary N) is 1. The van der Waals surface area contributed by atoms with E-state index in [2.05, 4.69) is 10.3 Å². The van der Waals surface area contributed by atoms with E-state index in [0.29, 0.717) is 34.8 Å². The summed E-state index contributed by atoms with van der Waals surface area (Å²) in [6.45, 7) is 0.547. The number of amides is 1. The Labute approximate surface area is 165 Å². The minimum Gasteiger partial charge on any atom is -0.454 e. The second kappa shape index (κ2) is 6.94. The van der Waals surface area contributed by atoms with Gasteiger partial charge in [-0.15, -0.1) is 0 Å². The van der Waals surface area contributed by atoms with E-state index >= 15 is 0 Å². The first-order chi connectivity index (χ1) is 14.2. The number of nitrogens with zero attached hydrogens (tertiary/aromatic N) is 2. The molecule has 0 unspecified atom stereocenters. The van der Waals surface area contributed by atoms with Crippen molar-refractivity contribution in [2.24, 2.45) is 0 Å². The molecule has 4 aromatic rings. The molecule has 1 aliphatic heterocycles. The van der Waals surface area contributed by atoms with E-state index in [1.807, 2.05) is 18.2 Å². The fraction of sp³-hybridized carbons (Fsp3) is 0.0909. The number of pyridine rings is 1. The third-order valence-electron chi connectivity index (χ3n) is 4.76. The maximum Gasteiger partial charge on any atom is 0.271 e. The lowest BCUT2D eigenvalue weighted by molar-refractivity contribution is 0.0946. The van der Waals surface area contributed by atoms with Gasteiger partial charge in [-0.3, -0.25) is 4.79 Å². The Morgan fingerprint density at radius 3 is 2.83 bits per heavy atom. The van der Waals surface area contributed by atoms with Crippen molar-refractivity contribution in [3.8, 4) is 22.6 Å². The standard InChI is InChI=1S/C22H16FN3O3/c23-17-4-2-1-3-16(17)15-6-8-21-25-18(12-26(21)11-15)22(27)24-10-14-5-7-19-20(9-14)29-13-28-19/h1-9,11-12H,10,13H2,(H,24,27). The van der Waals surface area contributed by atoms with E-state index in [1.165, 1.54) is 6.07 Å². The molecule has 5 rings (SSSR count). The summed E-state index contributed by atoms with van der Waals surface area (Å²) in [7, 11) is 0. The number of halogens is 1. The zero-order valence-electron chi connectivity index (χ0n) is 15.3. The van der Waals surface area contributed by atoms with Crippen molar-refractivity contribution >= 4 is 11.6 Å². The first-order valence-corrected chi connectivity index (χ1v) is 9.08. The van der Waals surface area contributed by atoms with E-state index in [4.69, 9.17) is 9.47 Å². The lowest BCUT2D eigenvalue weighted by atomic mass is 10.1. The number of aromatic nitrogens is 2. The van der Waals surface area contributed by atoms with Crippen LogP contribution in [0.2, 0.25) is 0 Å². The average molecular weight is 389 g/mol. The van der Waals surface area contributed by atoms with Crippen LogP contribution in [0.4, 0.5) is 4.39 Å². The molecular formula is C22H16FN3O3. The molecule has 144 valence electrons. The third kappa shape index (κ3) is 3.27. The van der Waals surface area contributed by atoms with Gasteiger partial charge in [0.25, 0.3) is 5.91 Å². The molecule has 2 aromatic carbocycles. The highest BCUT2D eigenvalue weighted by atomic mass is 19.1. The van der Waals surface area contributed by atoms with Crippen LogP contribution < -0.4 is 14.8 Å². The van der Waals surface area contributed by atoms with Crippen LogP contribution in [0.3, 0.4) is 0 Å². The second-order valence-electron chi connectivity index (χ2n) is 6.66. The van der Waals surface area contributed by atoms with E-state index in [-0.39, 0.29) is 24.2 Å². The number of fused-ring (bicyclic) bond motifs is 2. The van der Waals surface area contributed by atoms with Crippen molar-refractivity contribution in [1.82, 2.24) is 14.7 Å². The first kappa shape index (κ1) is 17.2. The Morgan fingerprint density at radius 1 is 1.07 bits per heavy atom. The van der Waals surface area contributed by atoms with Gasteiger partial charge in [0, 0.05) is 30.1 Å². The van der Waals surface area contributed by atoms with Crippen LogP contribution in [-0.4, -0.2) is 22.1 Å². The lowest BCUT2D eigenvalue weighted by Crippen LogP contribution is -2.23. The summed E-state index contributed by atoms with van der Waals surface area (Å²) in [5, 5.41) is 2.85. The summed E-state index contributed by atoms with van der Waals surface area (Å²) in [4.78, 5) is 16.9. The van der Waals surface area contributed by atoms with Gasteiger partial charge < -0.3 is 19.2 Å². The molecule has 0 bridgehead atoms. The minimum absolute atomic E-state index is 0.210. The molecule has 6 nitrogen and oxygen atoms in total. The van der Waals surface area contributed by atoms with E-state index < -0.39 is 0 Å². The molecule has 0 fully saturated rings. The molecule has 0 spiro atoms. The van der Waals surface area contributed by atoms with Crippen LogP contribution in [0.5, 0.6) is 11.5 Å². The van der Waals surface area contributed by atoms with Gasteiger partial charge in [0.2, 0.25) is 6.79 Å². The number of ether oxygens (including phenoxy) is 2. The molecule has 0 atom stereocenters. The van der Waals surface area contributed by atoms with Crippen LogP contribution in [0.15, 0.2) is 67.0 Å². The molecule has 0 aliphatic carbocycles. The molecule has 1 N–H and O–H groups in total. The van der Waals surface area contributed by atoms with Crippen molar-refractivity contribution in [1.29, 1.82) is 0 Å². The van der Waals surface area contributed by atoms with Gasteiger partial charge >= 0.3 is 0 Å². The van der Waals surface area contributed by atoms with Crippen LogP contribution in [0, 0.1) is 5.82 Å². The number of carbonyl (C=O) groups excluding carboxylic acids is 1. The molecule has 1 amide bonds. The number of carbonyl (C=O) groups is 1. The highest BCUT2D eigenvalue weighted by Gasteiger charge is 2.15. The van der Waals surface area contributed by atoms with Crippen molar-refractivity contribution < 1.29 is 18.7 Å². The maximum absolute atomic E-state index is 14.0. The summed E-state index contributed by atoms with van der Waals surface area (Å²) < 4.78 is 26.4. The maximum atomic E-state index is 14.0. The average Bonchev–Trinajstić information content (AvgIpc) is 3.38. The molecule has 3 heterocycles. The van der Waals surface area contributed by atoms with Gasteiger partial charge in [-0.1, -0.05) is 24.3 Å². The number of imidazole rings is 1. The Morgan fingerprint density at radius 2 is 1.93 bits per heavy atom. The van der Waals surface area contributed by atoms with Crippen LogP contribution in [0.1, 0.15) is 16.1 Å². The monoisotopic (exact) mass is 389 g/mol. The van der Waals surface area contributed by atoms with Crippen LogP contribution >= 0.6 is 0 Å². The minimum atomic E-state index is -0.298. The number of rotatable bonds is 4. The Kier molecular flexibility index (Phi) is 4.13. The zero-order chi connectivity index (χ0) is 19.8. The number of hydrogen-bond donors (Lipinski definition) is 1. The summed E-state index contributed by atoms with van der Waals surface area (Å²) in [5.74, 6) is 0.781. The molecular weight excluding hydrogens is 373 g/mol. The molecule has 2 aromatic heterocycles. The van der Waals surface area contributed by atoms with Crippen LogP contribution in [-0.2, 0) is 6.54 Å². The highest BCUT2D eigenvalue weighted by molar-refractivity contribution is 5.92. The summed E-state index contributed by atoms with van der Waals surface area (Å²) in [5.41, 5.74) is 3.00. The number of benzene rings is 2. The smallest absolute Gasteiger partial charge is 0.271 e. The van der Waals surface area contributed by atoms with E-state index in [0.717, 1.165) is 5.56 Å². The quantitative estimate of drug-likeness (QED) is 0.577. The second-order valence-corrected chi connectivity index (χ2v) is 6.66. The fourth-order valence-electron chi connectivity index (χ4n) is 3.28. The lowest BCUT2D eigenvalue weighted by Gasteiger charge is -2.04. The van der Waals surface area contributed by atoms with Crippen LogP contribution in [0.25, 0.3) is 16.8 Å². The van der Waals surface area contributed by atoms with Crippen molar-refractivity contribution in [3.63, 3.8) is 0 Å². The molecule has 1 aliphatic rings. The van der Waals surface area contributed by atoms with Gasteiger partial charge in [-0.25, -0.2) is 9.37 Å². The topological polar surface area (TPSA) is 64.9 Å². The van der Waals surface area contributed by atoms with Gasteiger partial charge in [0.1, 0.15) is 17.2 Å². The molecule has 0 radical (unpaired) electrons. The molecule has 0 saturated heterocycles. The third-order valence-corrected chi connectivity index (χ3v) is 4.76. The van der Waals surface area contributed by atoms with Crippen molar-refractivity contribution in [2.45, 2.75) is 6.54 Å². The van der Waals surface area contributed by atoms with Gasteiger partial charge in [-0.2, -0.15) is 0 Å². The fourth-order valence-corrected chi connectivity index (χ4v) is 3.28. The molecule has 7 heteroatoms. The normalized spacial score (nSPS) is 12.3. The number of hydrogen-bond acceptors (Lipinski definition) is 4. The van der Waals surface area contributed by atoms with Gasteiger partial charge in [0.15, 0.2) is 11.5 Å². The molecule has 29 heavy (non-hydrogen) atoms. The van der Waals surface area contributed by atoms with Crippen molar-refractivity contribution in [3.05, 3.63) is 84.1 Å². The summed E-state index contributed by atoms with van der Waals surface area (Å²) in [6, 6.07) is 15.6. The predicted molar refractivity (Wildman–Crippen MR) is 104 cm³/mol. The predicted octanol–water partition coefficient (Wildman–Crippen LogP) is 3.80. The Bertz CT molecular complexity index is 1240. The summed E-state index contributed by atoms with van der Waals surface area (Å²) >= 11 is 0. The van der Waals surface area contributed by atoms with E-state index in [1.54, 1.807) is 47.1 Å². The largest absolute Gasteiger partial charge is 0.454 e. The Hall–Kier alpha value is -3.87. The van der Waals surface area contributed by atoms with Crippen molar-refractivity contribution in [2.75, 3.05) is 6.79 Å². The molecule has 0 saturated carbocycles. The highest BCUT2D eigenvalue weighted by Crippen LogP contribution is 2.32. The zero-order valence-corrected chi connectivity index (χ0v) is 15.3. The first-order valence-electron chi connectivity index (χ1n) is 9.08. The van der Waals surface area contributed by atoms with Gasteiger partial charge in [-0.05, 0) is 35.9 Å². The SMILES string of the molecule is O=C(NCc1ccc2c(c1)OCO2)c1cn2cc(-c3ccccc3F)ccc2n1.